The maximum Gasteiger partial charge on any atom is 0.323 e. The second-order valence-corrected chi connectivity index (χ2v) is 3.77. The molecule has 0 aliphatic heterocycles. The first-order valence-electron chi connectivity index (χ1n) is 4.60. The second-order valence-electron chi connectivity index (χ2n) is 3.77. The molecule has 0 aromatic heterocycles. The number of hydrogen-bond donors (Lipinski definition) is 2. The number of hydrogen-bond acceptors (Lipinski definition) is 2. The van der Waals surface area contributed by atoms with E-state index in [1.54, 1.807) is 6.07 Å². The van der Waals surface area contributed by atoms with E-state index in [2.05, 4.69) is 6.07 Å². The molecule has 1 radical (unpaired) electrons. The molecular weight excluding hydrogens is 197 g/mol. The highest BCUT2D eigenvalue weighted by atomic mass is 19.1. The molecule has 0 amide bonds. The van der Waals surface area contributed by atoms with E-state index in [1.165, 1.54) is 19.1 Å². The smallest absolute Gasteiger partial charge is 0.323 e. The zero-order valence-corrected chi connectivity index (χ0v) is 8.46. The molecule has 3 N–H and O–H groups in total. The largest absolute Gasteiger partial charge is 0.480 e. The lowest BCUT2D eigenvalue weighted by atomic mass is 9.94. The van der Waals surface area contributed by atoms with Crippen molar-refractivity contribution in [1.29, 1.82) is 0 Å². The first-order chi connectivity index (χ1) is 6.92. The van der Waals surface area contributed by atoms with Crippen molar-refractivity contribution in [2.75, 3.05) is 0 Å². The Morgan fingerprint density at radius 2 is 2.40 bits per heavy atom. The van der Waals surface area contributed by atoms with Crippen LogP contribution in [0.1, 0.15) is 18.9 Å². The lowest BCUT2D eigenvalue weighted by Crippen LogP contribution is -2.45. The summed E-state index contributed by atoms with van der Waals surface area (Å²) in [6.07, 6.45) is 0.705. The van der Waals surface area contributed by atoms with Gasteiger partial charge in [-0.15, -0.1) is 0 Å². The van der Waals surface area contributed by atoms with Crippen molar-refractivity contribution in [2.24, 2.45) is 5.73 Å². The molecule has 0 aliphatic rings. The summed E-state index contributed by atoms with van der Waals surface area (Å²) in [5.41, 5.74) is 5.00. The van der Waals surface area contributed by atoms with Gasteiger partial charge in [-0.25, -0.2) is 4.39 Å². The highest BCUT2D eigenvalue weighted by Crippen LogP contribution is 2.12. The van der Waals surface area contributed by atoms with Crippen LogP contribution in [0.4, 0.5) is 4.39 Å². The quantitative estimate of drug-likeness (QED) is 0.788. The maximum atomic E-state index is 12.7. The molecule has 1 aromatic carbocycles. The predicted octanol–water partition coefficient (Wildman–Crippen LogP) is 1.36. The number of aliphatic carboxylic acids is 1. The number of carboxylic acids is 1. The normalized spacial score (nSPS) is 14.6. The lowest BCUT2D eigenvalue weighted by molar-refractivity contribution is -0.142. The predicted molar refractivity (Wildman–Crippen MR) is 53.8 cm³/mol. The zero-order chi connectivity index (χ0) is 11.5. The molecule has 0 unspecified atom stereocenters. The molecule has 1 aromatic rings. The highest BCUT2D eigenvalue weighted by Gasteiger charge is 2.27. The minimum absolute atomic E-state index is 0.270. The molecule has 0 aliphatic carbocycles. The Morgan fingerprint density at radius 1 is 1.73 bits per heavy atom. The van der Waals surface area contributed by atoms with E-state index in [-0.39, 0.29) is 6.42 Å². The highest BCUT2D eigenvalue weighted by molar-refractivity contribution is 5.77. The van der Waals surface area contributed by atoms with Gasteiger partial charge in [0.25, 0.3) is 0 Å². The van der Waals surface area contributed by atoms with Crippen LogP contribution in [0.3, 0.4) is 0 Å². The topological polar surface area (TPSA) is 63.3 Å². The van der Waals surface area contributed by atoms with Crippen LogP contribution in [0.25, 0.3) is 0 Å². The van der Waals surface area contributed by atoms with Crippen molar-refractivity contribution >= 4 is 5.97 Å². The molecule has 0 saturated carbocycles. The molecule has 1 rings (SSSR count). The first kappa shape index (κ1) is 11.7. The van der Waals surface area contributed by atoms with E-state index in [0.717, 1.165) is 5.56 Å². The van der Waals surface area contributed by atoms with Gasteiger partial charge in [-0.1, -0.05) is 12.1 Å². The molecule has 4 heteroatoms. The Balaban J connectivity index is 2.61. The molecule has 1 atom stereocenters. The van der Waals surface area contributed by atoms with Gasteiger partial charge in [0.05, 0.1) is 0 Å². The van der Waals surface area contributed by atoms with Crippen molar-refractivity contribution in [3.63, 3.8) is 0 Å². The van der Waals surface area contributed by atoms with Crippen LogP contribution in [0, 0.1) is 11.9 Å². The minimum Gasteiger partial charge on any atom is -0.480 e. The molecule has 15 heavy (non-hydrogen) atoms. The molecular formula is C11H13FNO2. The van der Waals surface area contributed by atoms with Gasteiger partial charge >= 0.3 is 5.97 Å². The summed E-state index contributed by atoms with van der Waals surface area (Å²) in [5, 5.41) is 8.77. The summed E-state index contributed by atoms with van der Waals surface area (Å²) < 4.78 is 12.7. The summed E-state index contributed by atoms with van der Waals surface area (Å²) in [7, 11) is 0. The van der Waals surface area contributed by atoms with E-state index in [0.29, 0.717) is 6.42 Å². The fourth-order valence-corrected chi connectivity index (χ4v) is 1.15. The molecule has 3 nitrogen and oxygen atoms in total. The number of carboxylic acid groups (broad SMARTS) is 1. The summed E-state index contributed by atoms with van der Waals surface area (Å²) >= 11 is 0. The van der Waals surface area contributed by atoms with E-state index in [4.69, 9.17) is 10.8 Å². The van der Waals surface area contributed by atoms with E-state index in [9.17, 15) is 9.18 Å². The molecule has 0 saturated heterocycles. The number of benzene rings is 1. The van der Waals surface area contributed by atoms with Crippen molar-refractivity contribution < 1.29 is 14.3 Å². The fourth-order valence-electron chi connectivity index (χ4n) is 1.15. The van der Waals surface area contributed by atoms with Crippen LogP contribution in [-0.4, -0.2) is 16.6 Å². The summed E-state index contributed by atoms with van der Waals surface area (Å²) in [5.74, 6) is -1.49. The summed E-state index contributed by atoms with van der Waals surface area (Å²) in [6, 6.07) is 6.88. The molecule has 81 valence electrons. The number of aryl methyl sites for hydroxylation is 1. The average molecular weight is 210 g/mol. The van der Waals surface area contributed by atoms with Crippen LogP contribution in [0.2, 0.25) is 0 Å². The van der Waals surface area contributed by atoms with Crippen molar-refractivity contribution in [3.05, 3.63) is 35.6 Å². The Morgan fingerprint density at radius 3 is 2.93 bits per heavy atom. The van der Waals surface area contributed by atoms with Gasteiger partial charge < -0.3 is 10.8 Å². The van der Waals surface area contributed by atoms with Gasteiger partial charge in [0, 0.05) is 6.07 Å². The number of carbonyl (C=O) groups is 1. The zero-order valence-electron chi connectivity index (χ0n) is 8.46. The average Bonchev–Trinajstić information content (AvgIpc) is 2.15. The lowest BCUT2D eigenvalue weighted by Gasteiger charge is -2.18. The molecule has 0 spiro atoms. The Kier molecular flexibility index (Phi) is 3.42. The third-order valence-corrected chi connectivity index (χ3v) is 2.25. The standard InChI is InChI=1S/C11H13FNO2/c1-11(13,10(14)15)6-5-8-3-2-4-9(12)7-8/h2-3,7H,5-6,13H2,1H3,(H,14,15)/t11-/m0/s1. The second kappa shape index (κ2) is 4.40. The van der Waals surface area contributed by atoms with E-state index >= 15 is 0 Å². The van der Waals surface area contributed by atoms with Gasteiger partial charge in [0.1, 0.15) is 11.4 Å². The fraction of sp³-hybridized carbons (Fsp3) is 0.364. The summed E-state index contributed by atoms with van der Waals surface area (Å²) in [6.45, 7) is 1.45. The van der Waals surface area contributed by atoms with E-state index < -0.39 is 17.3 Å². The SMILES string of the molecule is C[C@](N)(CCc1cc[c]c(F)c1)C(=O)O. The number of nitrogens with two attached hydrogens (primary N) is 1. The van der Waals surface area contributed by atoms with Crippen LogP contribution in [0.15, 0.2) is 18.2 Å². The summed E-state index contributed by atoms with van der Waals surface area (Å²) in [4.78, 5) is 10.7. The van der Waals surface area contributed by atoms with Crippen LogP contribution < -0.4 is 5.73 Å². The molecule has 0 bridgehead atoms. The van der Waals surface area contributed by atoms with Crippen LogP contribution >= 0.6 is 0 Å². The molecule has 0 fully saturated rings. The van der Waals surface area contributed by atoms with Gasteiger partial charge in [0.15, 0.2) is 0 Å². The third kappa shape index (κ3) is 3.32. The van der Waals surface area contributed by atoms with Crippen LogP contribution in [0.5, 0.6) is 0 Å². The maximum absolute atomic E-state index is 12.7. The van der Waals surface area contributed by atoms with Gasteiger partial charge in [-0.3, -0.25) is 4.79 Å². The number of rotatable bonds is 4. The minimum atomic E-state index is -1.27. The molecule has 0 heterocycles. The van der Waals surface area contributed by atoms with Crippen molar-refractivity contribution in [1.82, 2.24) is 0 Å². The number of halogens is 1. The van der Waals surface area contributed by atoms with Crippen molar-refractivity contribution in [2.45, 2.75) is 25.3 Å². The van der Waals surface area contributed by atoms with Crippen molar-refractivity contribution in [3.8, 4) is 0 Å². The van der Waals surface area contributed by atoms with E-state index in [1.807, 2.05) is 0 Å². The Bertz CT molecular complexity index is 363. The monoisotopic (exact) mass is 210 g/mol. The van der Waals surface area contributed by atoms with Crippen LogP contribution in [-0.2, 0) is 11.2 Å². The first-order valence-corrected chi connectivity index (χ1v) is 4.60. The Hall–Kier alpha value is -1.42. The van der Waals surface area contributed by atoms with Gasteiger partial charge in [-0.2, -0.15) is 0 Å². The van der Waals surface area contributed by atoms with Gasteiger partial charge in [0.2, 0.25) is 0 Å². The third-order valence-electron chi connectivity index (χ3n) is 2.25. The Labute approximate surface area is 87.7 Å². The van der Waals surface area contributed by atoms with Gasteiger partial charge in [-0.05, 0) is 31.4 Å².